The third kappa shape index (κ3) is 60.7. The molecule has 0 bridgehead atoms. The van der Waals surface area contributed by atoms with Crippen molar-refractivity contribution in [3.63, 3.8) is 0 Å². The summed E-state index contributed by atoms with van der Waals surface area (Å²) < 4.78 is 52.7. The van der Waals surface area contributed by atoms with Gasteiger partial charge < -0.3 is 47.5 Å². The summed E-state index contributed by atoms with van der Waals surface area (Å²) in [6, 6.07) is 0. The summed E-state index contributed by atoms with van der Waals surface area (Å²) in [5.41, 5.74) is 0. The van der Waals surface area contributed by atoms with Gasteiger partial charge in [0.25, 0.3) is 0 Å². The van der Waals surface area contributed by atoms with Crippen molar-refractivity contribution in [1.82, 2.24) is 4.90 Å². The van der Waals surface area contributed by atoms with E-state index in [-0.39, 0.29) is 42.8 Å². The van der Waals surface area contributed by atoms with Gasteiger partial charge in [-0.25, -0.2) is 0 Å². The average Bonchev–Trinajstić information content (AvgIpc) is 3.44. The van der Waals surface area contributed by atoms with Crippen LogP contribution in [0.4, 0.5) is 0 Å². The van der Waals surface area contributed by atoms with E-state index in [1.165, 1.54) is 128 Å². The van der Waals surface area contributed by atoms with Gasteiger partial charge in [0.1, 0.15) is 24.9 Å². The minimum absolute atomic E-state index is 0.0139. The van der Waals surface area contributed by atoms with E-state index in [0.29, 0.717) is 91.9 Å². The second-order valence-corrected chi connectivity index (χ2v) is 23.1. The molecule has 0 saturated heterocycles. The Hall–Kier alpha value is -1.87. The Bertz CT molecular complexity index is 1240. The lowest BCUT2D eigenvalue weighted by Crippen LogP contribution is -2.27. The average molecular weight is 1140 g/mol. The largest absolute Gasteiger partial charge is 0.463 e. The Morgan fingerprint density at radius 1 is 0.300 bits per heavy atom. The van der Waals surface area contributed by atoms with E-state index in [4.69, 9.17) is 42.6 Å². The predicted octanol–water partition coefficient (Wildman–Crippen LogP) is 16.8. The molecule has 13 heteroatoms. The molecule has 0 amide bonds. The fourth-order valence-corrected chi connectivity index (χ4v) is 9.84. The van der Waals surface area contributed by atoms with Crippen LogP contribution in [-0.4, -0.2) is 141 Å². The topological polar surface area (TPSA) is 138 Å². The highest BCUT2D eigenvalue weighted by atomic mass is 16.6. The van der Waals surface area contributed by atoms with Gasteiger partial charge in [-0.3, -0.25) is 14.4 Å². The zero-order valence-corrected chi connectivity index (χ0v) is 53.5. The van der Waals surface area contributed by atoms with Crippen LogP contribution in [0.5, 0.6) is 0 Å². The molecule has 0 saturated carbocycles. The highest BCUT2D eigenvalue weighted by Gasteiger charge is 2.17. The zero-order chi connectivity index (χ0) is 58.3. The molecule has 0 aromatic carbocycles. The number of hydrogen-bond donors (Lipinski definition) is 0. The number of esters is 3. The number of carbonyl (C=O) groups is 3. The van der Waals surface area contributed by atoms with Gasteiger partial charge in [-0.05, 0) is 104 Å². The molecule has 1 atom stereocenters. The van der Waals surface area contributed by atoms with Gasteiger partial charge in [0, 0.05) is 32.5 Å². The molecule has 1 unspecified atom stereocenters. The van der Waals surface area contributed by atoms with E-state index < -0.39 is 0 Å². The van der Waals surface area contributed by atoms with Crippen LogP contribution >= 0.6 is 0 Å². The van der Waals surface area contributed by atoms with E-state index in [1.807, 2.05) is 19.0 Å². The molecule has 0 aromatic heterocycles. The Labute approximate surface area is 493 Å². The first-order chi connectivity index (χ1) is 39.2. The predicted molar refractivity (Wildman–Crippen MR) is 330 cm³/mol. The molecule has 0 rings (SSSR count). The van der Waals surface area contributed by atoms with E-state index in [1.54, 1.807) is 0 Å². The number of nitrogens with zero attached hydrogens (tertiary/aromatic N) is 1. The van der Waals surface area contributed by atoms with Crippen LogP contribution in [0.25, 0.3) is 0 Å². The van der Waals surface area contributed by atoms with Gasteiger partial charge in [-0.15, -0.1) is 0 Å². The molecular formula is C67H131NO12. The van der Waals surface area contributed by atoms with Gasteiger partial charge in [0.15, 0.2) is 0 Å². The Morgan fingerprint density at radius 2 is 0.613 bits per heavy atom. The molecule has 0 radical (unpaired) electrons. The van der Waals surface area contributed by atoms with Crippen LogP contribution in [-0.2, 0) is 57.0 Å². The third-order valence-corrected chi connectivity index (χ3v) is 14.9. The third-order valence-electron chi connectivity index (χ3n) is 14.9. The second-order valence-electron chi connectivity index (χ2n) is 23.1. The highest BCUT2D eigenvalue weighted by Crippen LogP contribution is 2.20. The maximum absolute atomic E-state index is 12.9. The van der Waals surface area contributed by atoms with Crippen molar-refractivity contribution >= 4 is 17.9 Å². The van der Waals surface area contributed by atoms with Crippen molar-refractivity contribution in [2.24, 2.45) is 0 Å². The fraction of sp³-hybridized carbons (Fsp3) is 0.955. The van der Waals surface area contributed by atoms with Crippen LogP contribution in [0.2, 0.25) is 0 Å². The SMILES string of the molecule is CCCCCCCCC(CCCCCCCC)OC(=O)CCCCCCCOCC(COCCOCCOCCOCCOC(=O)CCCN(C)C)OCCCCCCCC(=O)OC(CCCCCCCC)CCCCCCCC. The molecule has 0 aliphatic carbocycles. The lowest BCUT2D eigenvalue weighted by atomic mass is 10.0. The molecule has 13 nitrogen and oxygen atoms in total. The lowest BCUT2D eigenvalue weighted by molar-refractivity contribution is -0.151. The summed E-state index contributed by atoms with van der Waals surface area (Å²) in [4.78, 5) is 39.6. The Morgan fingerprint density at radius 3 is 1.01 bits per heavy atom. The monoisotopic (exact) mass is 1140 g/mol. The second kappa shape index (κ2) is 64.7. The molecule has 0 fully saturated rings. The minimum Gasteiger partial charge on any atom is -0.463 e. The Kier molecular flexibility index (Phi) is 63.2. The van der Waals surface area contributed by atoms with Crippen molar-refractivity contribution in [1.29, 1.82) is 0 Å². The number of carbonyl (C=O) groups excluding carboxylic acids is 3. The summed E-state index contributed by atoms with van der Waals surface area (Å²) in [5, 5.41) is 0. The summed E-state index contributed by atoms with van der Waals surface area (Å²) in [6.45, 7) is 15.4. The smallest absolute Gasteiger partial charge is 0.306 e. The van der Waals surface area contributed by atoms with Gasteiger partial charge in [0.2, 0.25) is 0 Å². The quantitative estimate of drug-likeness (QED) is 0.0325. The molecule has 80 heavy (non-hydrogen) atoms. The fourth-order valence-electron chi connectivity index (χ4n) is 9.84. The van der Waals surface area contributed by atoms with E-state index >= 15 is 0 Å². The van der Waals surface area contributed by atoms with E-state index in [0.717, 1.165) is 129 Å². The zero-order valence-electron chi connectivity index (χ0n) is 53.5. The summed E-state index contributed by atoms with van der Waals surface area (Å²) in [6.07, 6.45) is 46.5. The number of rotatable bonds is 67. The number of ether oxygens (including phenoxy) is 9. The lowest BCUT2D eigenvalue weighted by Gasteiger charge is -2.19. The number of unbranched alkanes of at least 4 members (excludes halogenated alkanes) is 28. The van der Waals surface area contributed by atoms with Crippen molar-refractivity contribution in [3.8, 4) is 0 Å². The van der Waals surface area contributed by atoms with E-state index in [9.17, 15) is 14.4 Å². The standard InChI is InChI=1S/C67H131NO12/c1-7-11-15-19-25-33-42-62(43-34-26-20-16-12-8-2)79-66(70)46-37-29-23-31-39-50-75-60-64(61-76-57-56-73-53-52-72-54-55-74-58-59-78-65(69)48-41-49-68(5)6)77-51-40-32-24-30-38-47-67(71)80-63(44-35-27-21-17-13-9-3)45-36-28-22-18-14-10-4/h62-64H,7-61H2,1-6H3. The molecule has 0 N–H and O–H groups in total. The maximum Gasteiger partial charge on any atom is 0.306 e. The van der Waals surface area contributed by atoms with Gasteiger partial charge in [-0.1, -0.05) is 195 Å². The van der Waals surface area contributed by atoms with Gasteiger partial charge in [0.05, 0.1) is 59.5 Å². The van der Waals surface area contributed by atoms with Crippen LogP contribution in [0, 0.1) is 0 Å². The molecule has 0 aliphatic heterocycles. The first kappa shape index (κ1) is 78.1. The molecule has 0 aliphatic rings. The van der Waals surface area contributed by atoms with Crippen molar-refractivity contribution in [2.75, 3.05) is 99.9 Å². The minimum atomic E-state index is -0.190. The van der Waals surface area contributed by atoms with Crippen molar-refractivity contribution < 1.29 is 57.0 Å². The van der Waals surface area contributed by atoms with Crippen LogP contribution in [0.15, 0.2) is 0 Å². The summed E-state index contributed by atoms with van der Waals surface area (Å²) in [7, 11) is 3.97. The first-order valence-corrected chi connectivity index (χ1v) is 33.9. The van der Waals surface area contributed by atoms with Crippen molar-refractivity contribution in [3.05, 3.63) is 0 Å². The van der Waals surface area contributed by atoms with Gasteiger partial charge in [-0.2, -0.15) is 0 Å². The maximum atomic E-state index is 12.9. The molecular weight excluding hydrogens is 1010 g/mol. The molecule has 476 valence electrons. The van der Waals surface area contributed by atoms with E-state index in [2.05, 4.69) is 27.7 Å². The first-order valence-electron chi connectivity index (χ1n) is 33.9. The van der Waals surface area contributed by atoms with Crippen LogP contribution in [0.1, 0.15) is 297 Å². The Balaban J connectivity index is 4.69. The number of hydrogen-bond acceptors (Lipinski definition) is 13. The highest BCUT2D eigenvalue weighted by molar-refractivity contribution is 5.70. The molecule has 0 aromatic rings. The summed E-state index contributed by atoms with van der Waals surface area (Å²) in [5.74, 6) is -0.221. The van der Waals surface area contributed by atoms with Crippen LogP contribution in [0.3, 0.4) is 0 Å². The normalized spacial score (nSPS) is 12.1. The summed E-state index contributed by atoms with van der Waals surface area (Å²) >= 11 is 0. The van der Waals surface area contributed by atoms with Crippen molar-refractivity contribution in [2.45, 2.75) is 316 Å². The van der Waals surface area contributed by atoms with Gasteiger partial charge >= 0.3 is 17.9 Å². The molecule has 0 spiro atoms. The van der Waals surface area contributed by atoms with Crippen LogP contribution < -0.4 is 0 Å². The molecule has 0 heterocycles.